The number of anilines is 2. The molecule has 9 nitrogen and oxygen atoms in total. The number of hydrogen-bond donors (Lipinski definition) is 1. The molecule has 1 amide bonds. The van der Waals surface area contributed by atoms with E-state index in [0.29, 0.717) is 22.7 Å². The largest absolute Gasteiger partial charge is 0.493 e. The Labute approximate surface area is 175 Å². The highest BCUT2D eigenvalue weighted by atomic mass is 32.2. The monoisotopic (exact) mass is 436 g/mol. The van der Waals surface area contributed by atoms with Gasteiger partial charge in [-0.15, -0.1) is 0 Å². The molecule has 1 atom stereocenters. The maximum Gasteiger partial charge on any atom is 0.337 e. The first-order valence-corrected chi connectivity index (χ1v) is 10.7. The van der Waals surface area contributed by atoms with E-state index in [1.165, 1.54) is 64.7 Å². The minimum absolute atomic E-state index is 0.249. The molecule has 2 aromatic rings. The molecule has 0 radical (unpaired) electrons. The Balaban J connectivity index is 2.30. The van der Waals surface area contributed by atoms with E-state index < -0.39 is 27.9 Å². The highest BCUT2D eigenvalue weighted by molar-refractivity contribution is 7.92. The van der Waals surface area contributed by atoms with Crippen LogP contribution in [-0.2, 0) is 19.6 Å². The van der Waals surface area contributed by atoms with E-state index in [4.69, 9.17) is 9.47 Å². The third-order valence-electron chi connectivity index (χ3n) is 4.28. The van der Waals surface area contributed by atoms with Gasteiger partial charge in [-0.1, -0.05) is 0 Å². The maximum atomic E-state index is 12.8. The first kappa shape index (κ1) is 23.0. The SMILES string of the molecule is COC(=O)c1ccc(NC(=O)C(C)N(c2ccc(OC)c(OC)c2)S(C)(=O)=O)cc1. The van der Waals surface area contributed by atoms with Crippen molar-refractivity contribution in [2.45, 2.75) is 13.0 Å². The van der Waals surface area contributed by atoms with Crippen LogP contribution in [0.1, 0.15) is 17.3 Å². The molecule has 0 heterocycles. The van der Waals surface area contributed by atoms with Crippen LogP contribution in [0.5, 0.6) is 11.5 Å². The van der Waals surface area contributed by atoms with Crippen molar-refractivity contribution in [3.63, 3.8) is 0 Å². The summed E-state index contributed by atoms with van der Waals surface area (Å²) in [6.07, 6.45) is 1.01. The quantitative estimate of drug-likeness (QED) is 0.632. The average Bonchev–Trinajstić information content (AvgIpc) is 2.72. The fourth-order valence-corrected chi connectivity index (χ4v) is 3.99. The molecule has 0 bridgehead atoms. The number of nitrogens with zero attached hydrogens (tertiary/aromatic N) is 1. The standard InChI is InChI=1S/C20H24N2O7S/c1-13(19(23)21-15-8-6-14(7-9-15)20(24)29-4)22(30(5,25)26)16-10-11-17(27-2)18(12-16)28-3/h6-13H,1-5H3,(H,21,23). The Hall–Kier alpha value is -3.27. The van der Waals surface area contributed by atoms with E-state index in [9.17, 15) is 18.0 Å². The topological polar surface area (TPSA) is 111 Å². The molecule has 0 fully saturated rings. The number of nitrogens with one attached hydrogen (secondary N) is 1. The minimum Gasteiger partial charge on any atom is -0.493 e. The Morgan fingerprint density at radius 1 is 0.967 bits per heavy atom. The van der Waals surface area contributed by atoms with Crippen molar-refractivity contribution in [3.8, 4) is 11.5 Å². The Bertz CT molecular complexity index is 1020. The highest BCUT2D eigenvalue weighted by Crippen LogP contribution is 2.33. The second kappa shape index (κ2) is 9.49. The minimum atomic E-state index is -3.81. The van der Waals surface area contributed by atoms with Crippen LogP contribution in [0.15, 0.2) is 42.5 Å². The summed E-state index contributed by atoms with van der Waals surface area (Å²) in [6.45, 7) is 1.47. The molecular formula is C20H24N2O7S. The summed E-state index contributed by atoms with van der Waals surface area (Å²) in [5, 5.41) is 2.65. The fraction of sp³-hybridized carbons (Fsp3) is 0.300. The number of amides is 1. The van der Waals surface area contributed by atoms with Gasteiger partial charge in [0.2, 0.25) is 15.9 Å². The second-order valence-corrected chi connectivity index (χ2v) is 8.19. The number of carbonyl (C=O) groups excluding carboxylic acids is 2. The summed E-state index contributed by atoms with van der Waals surface area (Å²) in [6, 6.07) is 9.53. The van der Waals surface area contributed by atoms with Gasteiger partial charge in [-0.2, -0.15) is 0 Å². The molecule has 0 aliphatic heterocycles. The van der Waals surface area contributed by atoms with Gasteiger partial charge in [-0.05, 0) is 43.3 Å². The summed E-state index contributed by atoms with van der Waals surface area (Å²) in [7, 11) is 0.363. The second-order valence-electron chi connectivity index (χ2n) is 6.33. The van der Waals surface area contributed by atoms with E-state index >= 15 is 0 Å². The van der Waals surface area contributed by atoms with Crippen LogP contribution in [0.2, 0.25) is 0 Å². The zero-order chi connectivity index (χ0) is 22.5. The molecule has 10 heteroatoms. The number of hydrogen-bond acceptors (Lipinski definition) is 7. The van der Waals surface area contributed by atoms with Gasteiger partial charge in [0.05, 0.1) is 38.8 Å². The van der Waals surface area contributed by atoms with Crippen LogP contribution < -0.4 is 19.1 Å². The Morgan fingerprint density at radius 2 is 1.57 bits per heavy atom. The van der Waals surface area contributed by atoms with E-state index in [0.717, 1.165) is 10.6 Å². The Kier molecular flexibility index (Phi) is 7.28. The molecule has 1 N–H and O–H groups in total. The van der Waals surface area contributed by atoms with Gasteiger partial charge in [0.15, 0.2) is 11.5 Å². The predicted molar refractivity (Wildman–Crippen MR) is 113 cm³/mol. The van der Waals surface area contributed by atoms with Gasteiger partial charge < -0.3 is 19.5 Å². The molecule has 2 rings (SSSR count). The molecule has 0 aliphatic rings. The number of sulfonamides is 1. The number of carbonyl (C=O) groups is 2. The molecule has 162 valence electrons. The number of ether oxygens (including phenoxy) is 3. The molecule has 30 heavy (non-hydrogen) atoms. The van der Waals surface area contributed by atoms with Crippen LogP contribution in [0.3, 0.4) is 0 Å². The molecule has 0 aliphatic carbocycles. The summed E-state index contributed by atoms with van der Waals surface area (Å²) in [5.74, 6) is -0.300. The molecular weight excluding hydrogens is 412 g/mol. The van der Waals surface area contributed by atoms with Crippen molar-refractivity contribution in [3.05, 3.63) is 48.0 Å². The number of rotatable bonds is 8. The lowest BCUT2D eigenvalue weighted by Crippen LogP contribution is -2.45. The van der Waals surface area contributed by atoms with Crippen LogP contribution >= 0.6 is 0 Å². The summed E-state index contributed by atoms with van der Waals surface area (Å²) >= 11 is 0. The molecule has 1 unspecified atom stereocenters. The third-order valence-corrected chi connectivity index (χ3v) is 5.53. The summed E-state index contributed by atoms with van der Waals surface area (Å²) < 4.78 is 40.9. The van der Waals surface area contributed by atoms with Gasteiger partial charge in [-0.3, -0.25) is 9.10 Å². The molecule has 0 saturated carbocycles. The van der Waals surface area contributed by atoms with Crippen molar-refractivity contribution in [2.75, 3.05) is 37.2 Å². The zero-order valence-corrected chi connectivity index (χ0v) is 18.1. The van der Waals surface area contributed by atoms with Gasteiger partial charge in [0.1, 0.15) is 6.04 Å². The first-order chi connectivity index (χ1) is 14.1. The zero-order valence-electron chi connectivity index (χ0n) is 17.3. The fourth-order valence-electron chi connectivity index (χ4n) is 2.82. The molecule has 0 spiro atoms. The lowest BCUT2D eigenvalue weighted by atomic mass is 10.2. The highest BCUT2D eigenvalue weighted by Gasteiger charge is 2.30. The van der Waals surface area contributed by atoms with Crippen LogP contribution in [0, 0.1) is 0 Å². The van der Waals surface area contributed by atoms with Crippen LogP contribution in [-0.4, -0.2) is 53.9 Å². The van der Waals surface area contributed by atoms with E-state index in [-0.39, 0.29) is 5.69 Å². The third kappa shape index (κ3) is 5.20. The molecule has 2 aromatic carbocycles. The first-order valence-electron chi connectivity index (χ1n) is 8.83. The van der Waals surface area contributed by atoms with Gasteiger partial charge in [-0.25, -0.2) is 13.2 Å². The van der Waals surface area contributed by atoms with Crippen LogP contribution in [0.25, 0.3) is 0 Å². The number of methoxy groups -OCH3 is 3. The molecule has 0 aromatic heterocycles. The van der Waals surface area contributed by atoms with Crippen molar-refractivity contribution in [2.24, 2.45) is 0 Å². The summed E-state index contributed by atoms with van der Waals surface area (Å²) in [4.78, 5) is 24.3. The van der Waals surface area contributed by atoms with Crippen molar-refractivity contribution < 1.29 is 32.2 Å². The van der Waals surface area contributed by atoms with E-state index in [2.05, 4.69) is 10.1 Å². The molecule has 0 saturated heterocycles. The number of benzene rings is 2. The maximum absolute atomic E-state index is 12.8. The van der Waals surface area contributed by atoms with Gasteiger partial charge in [0.25, 0.3) is 0 Å². The average molecular weight is 436 g/mol. The lowest BCUT2D eigenvalue weighted by molar-refractivity contribution is -0.116. The summed E-state index contributed by atoms with van der Waals surface area (Å²) in [5.41, 5.74) is 0.978. The van der Waals surface area contributed by atoms with Crippen molar-refractivity contribution >= 4 is 33.3 Å². The number of esters is 1. The van der Waals surface area contributed by atoms with Gasteiger partial charge >= 0.3 is 5.97 Å². The lowest BCUT2D eigenvalue weighted by Gasteiger charge is -2.28. The smallest absolute Gasteiger partial charge is 0.337 e. The van der Waals surface area contributed by atoms with Crippen molar-refractivity contribution in [1.29, 1.82) is 0 Å². The van der Waals surface area contributed by atoms with E-state index in [1.807, 2.05) is 0 Å². The van der Waals surface area contributed by atoms with E-state index in [1.54, 1.807) is 6.07 Å². The van der Waals surface area contributed by atoms with Crippen molar-refractivity contribution in [1.82, 2.24) is 0 Å². The van der Waals surface area contributed by atoms with Gasteiger partial charge in [0, 0.05) is 11.8 Å². The van der Waals surface area contributed by atoms with Crippen LogP contribution in [0.4, 0.5) is 11.4 Å². The normalized spacial score (nSPS) is 11.9. The predicted octanol–water partition coefficient (Wildman–Crippen LogP) is 2.28. The Morgan fingerprint density at radius 3 is 2.07 bits per heavy atom.